The molecule has 0 unspecified atom stereocenters. The lowest BCUT2D eigenvalue weighted by Crippen LogP contribution is -2.29. The maximum absolute atomic E-state index is 2.41. The van der Waals surface area contributed by atoms with E-state index in [1.54, 1.807) is 0 Å². The fourth-order valence-corrected chi connectivity index (χ4v) is 2.15. The third-order valence-corrected chi connectivity index (χ3v) is 3.40. The van der Waals surface area contributed by atoms with Gasteiger partial charge in [-0.1, -0.05) is 42.0 Å². The molecule has 0 amide bonds. The van der Waals surface area contributed by atoms with Crippen LogP contribution in [0.5, 0.6) is 0 Å². The van der Waals surface area contributed by atoms with E-state index in [0.29, 0.717) is 0 Å². The predicted molar refractivity (Wildman–Crippen MR) is 70.4 cm³/mol. The van der Waals surface area contributed by atoms with Crippen LogP contribution in [0.4, 0.5) is 0 Å². The van der Waals surface area contributed by atoms with E-state index in [1.807, 2.05) is 0 Å². The Balaban J connectivity index is 1.91. The minimum Gasteiger partial charge on any atom is -0.306 e. The van der Waals surface area contributed by atoms with Crippen LogP contribution in [0.25, 0.3) is 6.08 Å². The lowest BCUT2D eigenvalue weighted by Gasteiger charge is -2.26. The van der Waals surface area contributed by atoms with Gasteiger partial charge in [0.2, 0.25) is 0 Å². The smallest absolute Gasteiger partial charge is 0.00162 e. The van der Waals surface area contributed by atoms with Crippen molar-refractivity contribution in [3.63, 3.8) is 0 Å². The molecule has 1 saturated heterocycles. The van der Waals surface area contributed by atoms with E-state index in [0.717, 1.165) is 5.92 Å². The van der Waals surface area contributed by atoms with Crippen molar-refractivity contribution in [2.24, 2.45) is 5.92 Å². The molecule has 0 spiro atoms. The summed E-state index contributed by atoms with van der Waals surface area (Å²) in [4.78, 5) is 2.41. The van der Waals surface area contributed by atoms with Crippen LogP contribution in [0, 0.1) is 12.8 Å². The molecule has 86 valence electrons. The van der Waals surface area contributed by atoms with Crippen molar-refractivity contribution in [2.45, 2.75) is 19.8 Å². The van der Waals surface area contributed by atoms with Gasteiger partial charge in [-0.25, -0.2) is 0 Å². The maximum Gasteiger partial charge on any atom is -0.00162 e. The molecule has 1 fully saturated rings. The molecule has 0 bridgehead atoms. The topological polar surface area (TPSA) is 3.24 Å². The van der Waals surface area contributed by atoms with E-state index < -0.39 is 0 Å². The van der Waals surface area contributed by atoms with Gasteiger partial charge in [0, 0.05) is 0 Å². The predicted octanol–water partition coefficient (Wildman–Crippen LogP) is 3.35. The molecule has 0 radical (unpaired) electrons. The molecule has 1 heteroatoms. The normalized spacial score (nSPS) is 19.4. The zero-order valence-corrected chi connectivity index (χ0v) is 10.3. The number of aryl methyl sites for hydroxylation is 1. The van der Waals surface area contributed by atoms with Gasteiger partial charge in [0.05, 0.1) is 0 Å². The number of piperidine rings is 1. The van der Waals surface area contributed by atoms with Crippen LogP contribution < -0.4 is 0 Å². The number of benzene rings is 1. The summed E-state index contributed by atoms with van der Waals surface area (Å²) < 4.78 is 0. The van der Waals surface area contributed by atoms with Crippen LogP contribution in [0.1, 0.15) is 24.0 Å². The van der Waals surface area contributed by atoms with Crippen molar-refractivity contribution in [3.8, 4) is 0 Å². The number of allylic oxidation sites excluding steroid dienone is 1. The summed E-state index contributed by atoms with van der Waals surface area (Å²) in [6, 6.07) is 8.74. The number of hydrogen-bond acceptors (Lipinski definition) is 1. The summed E-state index contributed by atoms with van der Waals surface area (Å²) in [6.07, 6.45) is 7.27. The number of likely N-dealkylation sites (tertiary alicyclic amines) is 1. The quantitative estimate of drug-likeness (QED) is 0.731. The highest BCUT2D eigenvalue weighted by atomic mass is 15.1. The average Bonchev–Trinajstić information content (AvgIpc) is 2.30. The lowest BCUT2D eigenvalue weighted by molar-refractivity contribution is 0.244. The van der Waals surface area contributed by atoms with E-state index in [1.165, 1.54) is 37.1 Å². The van der Waals surface area contributed by atoms with E-state index in [-0.39, 0.29) is 0 Å². The second-order valence-electron chi connectivity index (χ2n) is 4.91. The van der Waals surface area contributed by atoms with Crippen LogP contribution in [0.2, 0.25) is 0 Å². The van der Waals surface area contributed by atoms with Crippen LogP contribution in [0.15, 0.2) is 30.3 Å². The van der Waals surface area contributed by atoms with Gasteiger partial charge in [-0.3, -0.25) is 0 Å². The first-order valence-electron chi connectivity index (χ1n) is 6.17. The second kappa shape index (κ2) is 5.31. The Morgan fingerprint density at radius 3 is 2.38 bits per heavy atom. The summed E-state index contributed by atoms with van der Waals surface area (Å²) in [5.74, 6) is 0.775. The average molecular weight is 215 g/mol. The third-order valence-electron chi connectivity index (χ3n) is 3.40. The molecule has 1 nitrogen and oxygen atoms in total. The largest absolute Gasteiger partial charge is 0.306 e. The van der Waals surface area contributed by atoms with Gasteiger partial charge in [0.25, 0.3) is 0 Å². The molecule has 0 N–H and O–H groups in total. The highest BCUT2D eigenvalue weighted by Crippen LogP contribution is 2.18. The Morgan fingerprint density at radius 1 is 1.12 bits per heavy atom. The van der Waals surface area contributed by atoms with Crippen molar-refractivity contribution in [1.82, 2.24) is 4.90 Å². The Kier molecular flexibility index (Phi) is 3.79. The first kappa shape index (κ1) is 11.4. The zero-order chi connectivity index (χ0) is 11.4. The van der Waals surface area contributed by atoms with Gasteiger partial charge in [-0.05, 0) is 51.4 Å². The van der Waals surface area contributed by atoms with Crippen LogP contribution in [-0.4, -0.2) is 25.0 Å². The number of rotatable bonds is 2. The third kappa shape index (κ3) is 3.21. The molecule has 1 aliphatic heterocycles. The molecular weight excluding hydrogens is 194 g/mol. The molecule has 2 rings (SSSR count). The fraction of sp³-hybridized carbons (Fsp3) is 0.467. The molecule has 0 aromatic heterocycles. The zero-order valence-electron chi connectivity index (χ0n) is 10.3. The minimum atomic E-state index is 0.775. The van der Waals surface area contributed by atoms with E-state index in [9.17, 15) is 0 Å². The van der Waals surface area contributed by atoms with E-state index in [2.05, 4.69) is 55.3 Å². The van der Waals surface area contributed by atoms with Crippen molar-refractivity contribution in [1.29, 1.82) is 0 Å². The van der Waals surface area contributed by atoms with Crippen molar-refractivity contribution in [3.05, 3.63) is 41.5 Å². The second-order valence-corrected chi connectivity index (χ2v) is 4.91. The van der Waals surface area contributed by atoms with E-state index in [4.69, 9.17) is 0 Å². The minimum absolute atomic E-state index is 0.775. The molecule has 0 saturated carbocycles. The van der Waals surface area contributed by atoms with Crippen molar-refractivity contribution >= 4 is 6.08 Å². The maximum atomic E-state index is 2.41. The molecule has 16 heavy (non-hydrogen) atoms. The molecule has 0 aliphatic carbocycles. The van der Waals surface area contributed by atoms with Crippen LogP contribution in [0.3, 0.4) is 0 Å². The Labute approximate surface area is 98.8 Å². The molecule has 1 aromatic rings. The molecule has 1 aromatic carbocycles. The number of hydrogen-bond donors (Lipinski definition) is 0. The highest BCUT2D eigenvalue weighted by molar-refractivity contribution is 5.49. The standard InChI is InChI=1S/C15H21N/c1-13-3-5-14(6-4-13)7-8-15-9-11-16(2)12-10-15/h3-8,15H,9-12H2,1-2H3/b8-7+. The Morgan fingerprint density at radius 2 is 1.75 bits per heavy atom. The summed E-state index contributed by atoms with van der Waals surface area (Å²) in [7, 11) is 2.21. The molecule has 1 heterocycles. The van der Waals surface area contributed by atoms with Gasteiger partial charge < -0.3 is 4.90 Å². The first-order chi connectivity index (χ1) is 7.74. The molecular formula is C15H21N. The fourth-order valence-electron chi connectivity index (χ4n) is 2.15. The van der Waals surface area contributed by atoms with E-state index >= 15 is 0 Å². The highest BCUT2D eigenvalue weighted by Gasteiger charge is 2.13. The van der Waals surface area contributed by atoms with Gasteiger partial charge >= 0.3 is 0 Å². The van der Waals surface area contributed by atoms with Crippen molar-refractivity contribution < 1.29 is 0 Å². The van der Waals surface area contributed by atoms with Crippen LogP contribution >= 0.6 is 0 Å². The Hall–Kier alpha value is -1.08. The van der Waals surface area contributed by atoms with Gasteiger partial charge in [0.1, 0.15) is 0 Å². The summed E-state index contributed by atoms with van der Waals surface area (Å²) in [5, 5.41) is 0. The SMILES string of the molecule is Cc1ccc(/C=C/C2CCN(C)CC2)cc1. The van der Waals surface area contributed by atoms with Gasteiger partial charge in [0.15, 0.2) is 0 Å². The Bertz CT molecular complexity index is 342. The summed E-state index contributed by atoms with van der Waals surface area (Å²) in [6.45, 7) is 4.61. The number of nitrogens with zero attached hydrogens (tertiary/aromatic N) is 1. The summed E-state index contributed by atoms with van der Waals surface area (Å²) in [5.41, 5.74) is 2.65. The first-order valence-corrected chi connectivity index (χ1v) is 6.17. The van der Waals surface area contributed by atoms with Crippen molar-refractivity contribution in [2.75, 3.05) is 20.1 Å². The molecule has 1 aliphatic rings. The summed E-state index contributed by atoms with van der Waals surface area (Å²) >= 11 is 0. The molecule has 0 atom stereocenters. The lowest BCUT2D eigenvalue weighted by atomic mass is 9.96. The van der Waals surface area contributed by atoms with Crippen LogP contribution in [-0.2, 0) is 0 Å². The van der Waals surface area contributed by atoms with Gasteiger partial charge in [-0.15, -0.1) is 0 Å². The monoisotopic (exact) mass is 215 g/mol. The van der Waals surface area contributed by atoms with Gasteiger partial charge in [-0.2, -0.15) is 0 Å².